The summed E-state index contributed by atoms with van der Waals surface area (Å²) in [5, 5.41) is 0. The molecule has 5 heteroatoms. The van der Waals surface area contributed by atoms with Crippen molar-refractivity contribution in [1.82, 2.24) is 0 Å². The Morgan fingerprint density at radius 3 is 2.64 bits per heavy atom. The molecule has 1 saturated heterocycles. The molecule has 2 aromatic rings. The number of amides is 1. The van der Waals surface area contributed by atoms with Gasteiger partial charge in [0.1, 0.15) is 5.75 Å². The van der Waals surface area contributed by atoms with Crippen LogP contribution in [0, 0.1) is 13.8 Å². The number of ether oxygens (including phenoxy) is 3. The molecule has 2 aliphatic rings. The molecule has 0 unspecified atom stereocenters. The molecular weight excluding hydrogens is 354 g/mol. The number of carbonyl (C=O) groups is 1. The Morgan fingerprint density at radius 2 is 1.89 bits per heavy atom. The van der Waals surface area contributed by atoms with E-state index >= 15 is 0 Å². The molecule has 0 bridgehead atoms. The Kier molecular flexibility index (Phi) is 5.13. The van der Waals surface area contributed by atoms with Crippen molar-refractivity contribution in [2.24, 2.45) is 0 Å². The van der Waals surface area contributed by atoms with Crippen LogP contribution in [0.25, 0.3) is 0 Å². The third kappa shape index (κ3) is 3.09. The summed E-state index contributed by atoms with van der Waals surface area (Å²) >= 11 is 0. The van der Waals surface area contributed by atoms with Gasteiger partial charge in [0.05, 0.1) is 32.1 Å². The lowest BCUT2D eigenvalue weighted by atomic mass is 10.0. The molecule has 148 valence electrons. The van der Waals surface area contributed by atoms with Crippen LogP contribution in [0.4, 0.5) is 5.69 Å². The molecule has 0 aliphatic carbocycles. The first-order valence-corrected chi connectivity index (χ1v) is 9.99. The van der Waals surface area contributed by atoms with Gasteiger partial charge in [0.2, 0.25) is 0 Å². The minimum absolute atomic E-state index is 0.155. The lowest BCUT2D eigenvalue weighted by Gasteiger charge is -2.23. The van der Waals surface area contributed by atoms with E-state index in [-0.39, 0.29) is 5.91 Å². The number of fused-ring (bicyclic) bond motifs is 2. The van der Waals surface area contributed by atoms with Crippen LogP contribution in [0.15, 0.2) is 36.4 Å². The Hall–Kier alpha value is -2.37. The highest BCUT2D eigenvalue weighted by molar-refractivity contribution is 6.07. The maximum Gasteiger partial charge on any atom is 0.292 e. The predicted molar refractivity (Wildman–Crippen MR) is 108 cm³/mol. The highest BCUT2D eigenvalue weighted by Crippen LogP contribution is 2.48. The van der Waals surface area contributed by atoms with Crippen LogP contribution >= 0.6 is 0 Å². The first kappa shape index (κ1) is 19.0. The molecule has 1 fully saturated rings. The Labute approximate surface area is 166 Å². The minimum atomic E-state index is -1.30. The van der Waals surface area contributed by atoms with E-state index in [9.17, 15) is 4.79 Å². The molecule has 1 amide bonds. The zero-order valence-electron chi connectivity index (χ0n) is 16.8. The number of hydrogen-bond donors (Lipinski definition) is 0. The van der Waals surface area contributed by atoms with Gasteiger partial charge in [-0.15, -0.1) is 0 Å². The van der Waals surface area contributed by atoms with Crippen LogP contribution in [0.2, 0.25) is 0 Å². The molecule has 4 rings (SSSR count). The van der Waals surface area contributed by atoms with E-state index < -0.39 is 5.79 Å². The maximum absolute atomic E-state index is 13.5. The topological polar surface area (TPSA) is 48.0 Å². The van der Waals surface area contributed by atoms with Gasteiger partial charge in [-0.2, -0.15) is 0 Å². The SMILES string of the molecule is CCCCOc1ccccc1CN1C(=O)C2(OCCO2)c2cc(C)cc(C)c21. The molecule has 2 heterocycles. The zero-order valence-corrected chi connectivity index (χ0v) is 16.8. The standard InChI is InChI=1S/C23H27NO4/c1-4-5-10-26-20-9-7-6-8-18(20)15-24-21-17(3)13-16(2)14-19(21)23(22(24)25)27-11-12-28-23/h6-9,13-14H,4-5,10-12,15H2,1-3H3. The summed E-state index contributed by atoms with van der Waals surface area (Å²) < 4.78 is 17.7. The first-order valence-electron chi connectivity index (χ1n) is 9.99. The van der Waals surface area contributed by atoms with E-state index in [1.165, 1.54) is 0 Å². The third-order valence-corrected chi connectivity index (χ3v) is 5.35. The summed E-state index contributed by atoms with van der Waals surface area (Å²) in [6.45, 7) is 8.13. The van der Waals surface area contributed by atoms with Crippen molar-refractivity contribution in [3.63, 3.8) is 0 Å². The lowest BCUT2D eigenvalue weighted by molar-refractivity contribution is -0.180. The second-order valence-electron chi connectivity index (χ2n) is 7.49. The summed E-state index contributed by atoms with van der Waals surface area (Å²) in [4.78, 5) is 15.3. The van der Waals surface area contributed by atoms with E-state index in [1.54, 1.807) is 4.90 Å². The highest BCUT2D eigenvalue weighted by Gasteiger charge is 2.56. The van der Waals surface area contributed by atoms with Crippen molar-refractivity contribution in [1.29, 1.82) is 0 Å². The van der Waals surface area contributed by atoms with Crippen molar-refractivity contribution in [3.05, 3.63) is 58.7 Å². The van der Waals surface area contributed by atoms with Gasteiger partial charge in [-0.1, -0.05) is 43.2 Å². The minimum Gasteiger partial charge on any atom is -0.493 e. The maximum atomic E-state index is 13.5. The molecule has 28 heavy (non-hydrogen) atoms. The van der Waals surface area contributed by atoms with Crippen molar-refractivity contribution < 1.29 is 19.0 Å². The third-order valence-electron chi connectivity index (χ3n) is 5.35. The fourth-order valence-corrected chi connectivity index (χ4v) is 4.08. The van der Waals surface area contributed by atoms with Gasteiger partial charge in [-0.25, -0.2) is 0 Å². The number of carbonyl (C=O) groups excluding carboxylic acids is 1. The molecule has 0 N–H and O–H groups in total. The van der Waals surface area contributed by atoms with E-state index in [4.69, 9.17) is 14.2 Å². The number of hydrogen-bond acceptors (Lipinski definition) is 4. The lowest BCUT2D eigenvalue weighted by Crippen LogP contribution is -2.41. The molecule has 0 aromatic heterocycles. The molecule has 0 atom stereocenters. The predicted octanol–water partition coefficient (Wildman–Crippen LogP) is 4.23. The van der Waals surface area contributed by atoms with Crippen LogP contribution in [0.5, 0.6) is 5.75 Å². The van der Waals surface area contributed by atoms with Crippen LogP contribution in [-0.4, -0.2) is 25.7 Å². The van der Waals surface area contributed by atoms with Gasteiger partial charge in [-0.3, -0.25) is 4.79 Å². The van der Waals surface area contributed by atoms with Crippen molar-refractivity contribution in [3.8, 4) is 5.75 Å². The summed E-state index contributed by atoms with van der Waals surface area (Å²) in [6, 6.07) is 12.0. The monoisotopic (exact) mass is 381 g/mol. The molecule has 2 aliphatic heterocycles. The van der Waals surface area contributed by atoms with Crippen molar-refractivity contribution in [2.45, 2.75) is 45.9 Å². The van der Waals surface area contributed by atoms with Crippen LogP contribution < -0.4 is 9.64 Å². The van der Waals surface area contributed by atoms with Gasteiger partial charge < -0.3 is 19.1 Å². The number of benzene rings is 2. The molecule has 5 nitrogen and oxygen atoms in total. The Bertz CT molecular complexity index is 886. The van der Waals surface area contributed by atoms with Gasteiger partial charge in [-0.05, 0) is 38.0 Å². The number of unbranched alkanes of at least 4 members (excludes halogenated alkanes) is 1. The number of anilines is 1. The average Bonchev–Trinajstić information content (AvgIpc) is 3.25. The largest absolute Gasteiger partial charge is 0.493 e. The second kappa shape index (κ2) is 7.57. The quantitative estimate of drug-likeness (QED) is 0.703. The van der Waals surface area contributed by atoms with Gasteiger partial charge in [0, 0.05) is 11.1 Å². The summed E-state index contributed by atoms with van der Waals surface area (Å²) in [6.07, 6.45) is 2.08. The van der Waals surface area contributed by atoms with Crippen LogP contribution in [0.3, 0.4) is 0 Å². The van der Waals surface area contributed by atoms with Gasteiger partial charge in [0.15, 0.2) is 0 Å². The van der Waals surface area contributed by atoms with Gasteiger partial charge in [0.25, 0.3) is 11.7 Å². The smallest absolute Gasteiger partial charge is 0.292 e. The summed E-state index contributed by atoms with van der Waals surface area (Å²) in [7, 11) is 0. The van der Waals surface area contributed by atoms with E-state index in [0.29, 0.717) is 26.4 Å². The number of nitrogens with zero attached hydrogens (tertiary/aromatic N) is 1. The first-order chi connectivity index (χ1) is 13.6. The second-order valence-corrected chi connectivity index (χ2v) is 7.49. The van der Waals surface area contributed by atoms with Crippen LogP contribution in [-0.2, 0) is 26.6 Å². The van der Waals surface area contributed by atoms with E-state index in [0.717, 1.165) is 46.5 Å². The normalized spacial score (nSPS) is 17.4. The molecular formula is C23H27NO4. The van der Waals surface area contributed by atoms with Gasteiger partial charge >= 0.3 is 0 Å². The molecule has 1 spiro atoms. The molecule has 2 aromatic carbocycles. The Morgan fingerprint density at radius 1 is 1.14 bits per heavy atom. The average molecular weight is 381 g/mol. The molecule has 0 saturated carbocycles. The van der Waals surface area contributed by atoms with Crippen molar-refractivity contribution >= 4 is 11.6 Å². The fourth-order valence-electron chi connectivity index (χ4n) is 4.08. The van der Waals surface area contributed by atoms with Crippen molar-refractivity contribution in [2.75, 3.05) is 24.7 Å². The summed E-state index contributed by atoms with van der Waals surface area (Å²) in [5.74, 6) is -0.634. The Balaban J connectivity index is 1.71. The highest BCUT2D eigenvalue weighted by atomic mass is 16.7. The van der Waals surface area contributed by atoms with E-state index in [2.05, 4.69) is 13.0 Å². The molecule has 0 radical (unpaired) electrons. The number of para-hydroxylation sites is 1. The fraction of sp³-hybridized carbons (Fsp3) is 0.435. The summed E-state index contributed by atoms with van der Waals surface area (Å²) in [5.41, 5.74) is 4.82. The van der Waals surface area contributed by atoms with E-state index in [1.807, 2.05) is 44.2 Å². The zero-order chi connectivity index (χ0) is 19.7. The number of aryl methyl sites for hydroxylation is 2. The number of rotatable bonds is 6. The van der Waals surface area contributed by atoms with Crippen LogP contribution in [0.1, 0.15) is 42.0 Å².